The fraction of sp³-hybridized carbons (Fsp3) is 0.750. The Bertz CT molecular complexity index is 549. The van der Waals surface area contributed by atoms with Crippen LogP contribution >= 0.6 is 0 Å². The quantitative estimate of drug-likeness (QED) is 0.556. The summed E-state index contributed by atoms with van der Waals surface area (Å²) in [6.07, 6.45) is -0.170. The number of hydrogen-bond donors (Lipinski definition) is 0. The summed E-state index contributed by atoms with van der Waals surface area (Å²) in [5.41, 5.74) is -0.661. The highest BCUT2D eigenvalue weighted by molar-refractivity contribution is 5.80. The molecule has 0 aromatic rings. The van der Waals surface area contributed by atoms with Crippen LogP contribution in [0.15, 0.2) is 0 Å². The molecule has 126 valence electrons. The van der Waals surface area contributed by atoms with E-state index < -0.39 is 42.1 Å². The summed E-state index contributed by atoms with van der Waals surface area (Å²) in [6.45, 7) is 4.84. The predicted octanol–water partition coefficient (Wildman–Crippen LogP) is 1.35. The third kappa shape index (κ3) is 3.63. The molecule has 0 radical (unpaired) electrons. The van der Waals surface area contributed by atoms with Gasteiger partial charge in [-0.05, 0) is 26.7 Å². The standard InChI is InChI=1S/C16H21NO6/c1-4-16(2,3)15(20)21-8-12(19)23-13-9-5-10(7-17)14(13)22-11(18)6-9/h9-10,13-14H,4-6,8H2,1-3H3. The Morgan fingerprint density at radius 2 is 2.13 bits per heavy atom. The monoisotopic (exact) mass is 323 g/mol. The van der Waals surface area contributed by atoms with Crippen LogP contribution < -0.4 is 0 Å². The van der Waals surface area contributed by atoms with Gasteiger partial charge in [0.15, 0.2) is 12.7 Å². The van der Waals surface area contributed by atoms with Crippen molar-refractivity contribution in [1.29, 1.82) is 5.26 Å². The van der Waals surface area contributed by atoms with Crippen molar-refractivity contribution in [2.45, 2.75) is 52.2 Å². The average molecular weight is 323 g/mol. The summed E-state index contributed by atoms with van der Waals surface area (Å²) in [6, 6.07) is 2.08. The van der Waals surface area contributed by atoms with E-state index in [1.807, 2.05) is 6.92 Å². The Labute approximate surface area is 134 Å². The molecular weight excluding hydrogens is 302 g/mol. The molecule has 7 heteroatoms. The predicted molar refractivity (Wildman–Crippen MR) is 76.6 cm³/mol. The van der Waals surface area contributed by atoms with Gasteiger partial charge in [0.25, 0.3) is 0 Å². The largest absolute Gasteiger partial charge is 0.457 e. The molecule has 0 aromatic carbocycles. The number of fused-ring (bicyclic) bond motifs is 2. The van der Waals surface area contributed by atoms with Crippen LogP contribution in [0.25, 0.3) is 0 Å². The first-order valence-electron chi connectivity index (χ1n) is 7.74. The Hall–Kier alpha value is -2.10. The number of nitrogens with zero attached hydrogens (tertiary/aromatic N) is 1. The van der Waals surface area contributed by atoms with E-state index in [2.05, 4.69) is 6.07 Å². The minimum absolute atomic E-state index is 0.134. The molecule has 1 aliphatic carbocycles. The van der Waals surface area contributed by atoms with E-state index in [0.717, 1.165) is 0 Å². The van der Waals surface area contributed by atoms with Gasteiger partial charge >= 0.3 is 17.9 Å². The summed E-state index contributed by atoms with van der Waals surface area (Å²) < 4.78 is 15.4. The molecule has 1 saturated heterocycles. The average Bonchev–Trinajstić information content (AvgIpc) is 2.71. The van der Waals surface area contributed by atoms with Crippen molar-refractivity contribution >= 4 is 17.9 Å². The fourth-order valence-electron chi connectivity index (χ4n) is 2.79. The van der Waals surface area contributed by atoms with Crippen LogP contribution in [0.3, 0.4) is 0 Å². The van der Waals surface area contributed by atoms with Gasteiger partial charge in [-0.15, -0.1) is 0 Å². The maximum Gasteiger partial charge on any atom is 0.344 e. The van der Waals surface area contributed by atoms with E-state index in [4.69, 9.17) is 19.5 Å². The van der Waals surface area contributed by atoms with Gasteiger partial charge in [0.1, 0.15) is 6.10 Å². The zero-order valence-electron chi connectivity index (χ0n) is 13.5. The molecule has 2 aliphatic rings. The molecular formula is C16H21NO6. The van der Waals surface area contributed by atoms with Gasteiger partial charge in [-0.1, -0.05) is 6.92 Å². The molecule has 4 unspecified atom stereocenters. The van der Waals surface area contributed by atoms with Gasteiger partial charge in [0.05, 0.1) is 23.8 Å². The first kappa shape index (κ1) is 17.3. The maximum atomic E-state index is 11.9. The Balaban J connectivity index is 1.90. The van der Waals surface area contributed by atoms with Gasteiger partial charge in [-0.2, -0.15) is 5.26 Å². The van der Waals surface area contributed by atoms with Crippen LogP contribution in [-0.2, 0) is 28.6 Å². The van der Waals surface area contributed by atoms with Gasteiger partial charge in [-0.3, -0.25) is 9.59 Å². The Morgan fingerprint density at radius 3 is 2.74 bits per heavy atom. The van der Waals surface area contributed by atoms with Crippen LogP contribution in [-0.4, -0.2) is 36.7 Å². The second-order valence-electron chi connectivity index (χ2n) is 6.66. The van der Waals surface area contributed by atoms with E-state index in [1.54, 1.807) is 13.8 Å². The van der Waals surface area contributed by atoms with E-state index in [9.17, 15) is 14.4 Å². The molecule has 4 atom stereocenters. The molecule has 0 N–H and O–H groups in total. The Morgan fingerprint density at radius 1 is 1.43 bits per heavy atom. The summed E-state index contributed by atoms with van der Waals surface area (Å²) >= 11 is 0. The number of nitriles is 1. The second-order valence-corrected chi connectivity index (χ2v) is 6.66. The third-order valence-electron chi connectivity index (χ3n) is 4.63. The van der Waals surface area contributed by atoms with Gasteiger partial charge in [0, 0.05) is 5.92 Å². The zero-order chi connectivity index (χ0) is 17.2. The lowest BCUT2D eigenvalue weighted by molar-refractivity contribution is -0.183. The normalized spacial score (nSPS) is 29.4. The van der Waals surface area contributed by atoms with Crippen molar-refractivity contribution in [1.82, 2.24) is 0 Å². The lowest BCUT2D eigenvalue weighted by atomic mass is 9.91. The van der Waals surface area contributed by atoms with E-state index in [0.29, 0.717) is 12.8 Å². The maximum absolute atomic E-state index is 11.9. The smallest absolute Gasteiger partial charge is 0.344 e. The Kier molecular flexibility index (Phi) is 4.93. The van der Waals surface area contributed by atoms with Gasteiger partial charge in [0.2, 0.25) is 0 Å². The van der Waals surface area contributed by atoms with Crippen LogP contribution in [0, 0.1) is 28.6 Å². The number of rotatable bonds is 5. The number of ether oxygens (including phenoxy) is 3. The van der Waals surface area contributed by atoms with Crippen LogP contribution in [0.4, 0.5) is 0 Å². The molecule has 1 aliphatic heterocycles. The molecule has 23 heavy (non-hydrogen) atoms. The number of esters is 3. The lowest BCUT2D eigenvalue weighted by Gasteiger charge is -2.29. The first-order valence-corrected chi connectivity index (χ1v) is 7.74. The van der Waals surface area contributed by atoms with Crippen molar-refractivity contribution < 1.29 is 28.6 Å². The molecule has 7 nitrogen and oxygen atoms in total. The summed E-state index contributed by atoms with van der Waals surface area (Å²) in [7, 11) is 0. The molecule has 0 amide bonds. The third-order valence-corrected chi connectivity index (χ3v) is 4.63. The number of carbonyl (C=O) groups excluding carboxylic acids is 3. The highest BCUT2D eigenvalue weighted by Gasteiger charge is 2.52. The molecule has 2 rings (SSSR count). The van der Waals surface area contributed by atoms with Crippen LogP contribution in [0.5, 0.6) is 0 Å². The second kappa shape index (κ2) is 6.57. The van der Waals surface area contributed by atoms with Crippen molar-refractivity contribution in [3.8, 4) is 6.07 Å². The number of hydrogen-bond acceptors (Lipinski definition) is 7. The molecule has 2 bridgehead atoms. The van der Waals surface area contributed by atoms with E-state index in [-0.39, 0.29) is 18.3 Å². The minimum Gasteiger partial charge on any atom is -0.457 e. The highest BCUT2D eigenvalue weighted by Crippen LogP contribution is 2.41. The molecule has 0 aromatic heterocycles. The summed E-state index contributed by atoms with van der Waals surface area (Å²) in [4.78, 5) is 35.2. The lowest BCUT2D eigenvalue weighted by Crippen LogP contribution is -2.42. The van der Waals surface area contributed by atoms with Crippen LogP contribution in [0.2, 0.25) is 0 Å². The highest BCUT2D eigenvalue weighted by atomic mass is 16.6. The first-order chi connectivity index (χ1) is 10.8. The SMILES string of the molecule is CCC(C)(C)C(=O)OCC(=O)OC1C2CC(=O)OC1C(C#N)C2. The van der Waals surface area contributed by atoms with Crippen molar-refractivity contribution in [2.75, 3.05) is 6.61 Å². The molecule has 1 saturated carbocycles. The van der Waals surface area contributed by atoms with Crippen molar-refractivity contribution in [3.05, 3.63) is 0 Å². The van der Waals surface area contributed by atoms with Crippen LogP contribution in [0.1, 0.15) is 40.0 Å². The van der Waals surface area contributed by atoms with Crippen molar-refractivity contribution in [2.24, 2.45) is 17.3 Å². The van der Waals surface area contributed by atoms with E-state index in [1.165, 1.54) is 0 Å². The molecule has 0 spiro atoms. The number of carbonyl (C=O) groups is 3. The fourth-order valence-corrected chi connectivity index (χ4v) is 2.79. The summed E-state index contributed by atoms with van der Waals surface area (Å²) in [5.74, 6) is -2.21. The van der Waals surface area contributed by atoms with E-state index >= 15 is 0 Å². The molecule has 2 fully saturated rings. The molecule has 1 heterocycles. The topological polar surface area (TPSA) is 103 Å². The van der Waals surface area contributed by atoms with Gasteiger partial charge < -0.3 is 14.2 Å². The zero-order valence-corrected chi connectivity index (χ0v) is 13.5. The van der Waals surface area contributed by atoms with Crippen molar-refractivity contribution in [3.63, 3.8) is 0 Å². The van der Waals surface area contributed by atoms with Gasteiger partial charge in [-0.25, -0.2) is 4.79 Å². The minimum atomic E-state index is -0.724. The summed E-state index contributed by atoms with van der Waals surface area (Å²) in [5, 5.41) is 9.09.